The number of urea groups is 1. The van der Waals surface area contributed by atoms with Crippen molar-refractivity contribution in [2.75, 3.05) is 38.2 Å². The molecular formula is C30H33BrCl2N2O6. The van der Waals surface area contributed by atoms with Gasteiger partial charge in [-0.25, -0.2) is 9.59 Å². The molecule has 0 fully saturated rings. The third-order valence-corrected chi connectivity index (χ3v) is 6.89. The number of aliphatic carboxylic acids is 1. The lowest BCUT2D eigenvalue weighted by Crippen LogP contribution is -2.38. The van der Waals surface area contributed by atoms with Crippen LogP contribution in [0.25, 0.3) is 0 Å². The first-order valence-electron chi connectivity index (χ1n) is 13.2. The zero-order valence-electron chi connectivity index (χ0n) is 22.7. The Hall–Kier alpha value is -2.98. The van der Waals surface area contributed by atoms with E-state index in [-0.39, 0.29) is 19.1 Å². The molecule has 0 aliphatic heterocycles. The first-order chi connectivity index (χ1) is 19.7. The third kappa shape index (κ3) is 11.8. The van der Waals surface area contributed by atoms with E-state index in [1.54, 1.807) is 42.2 Å². The summed E-state index contributed by atoms with van der Waals surface area (Å²) in [5, 5.41) is 13.2. The van der Waals surface area contributed by atoms with E-state index < -0.39 is 12.1 Å². The standard InChI is InChI=1S/C30H33BrCl2N2O6/c1-2-39-28(29(36)37)17-21-5-11-26(12-6-21)41-16-14-35(30(38)34-25-9-7-22(31)8-10-25)13-3-4-15-40-27-19-23(32)18-24(33)20-27/h5-12,18-20,28H,2-4,13-17H2,1H3,(H,34,38)(H,36,37). The smallest absolute Gasteiger partial charge is 0.333 e. The molecule has 1 atom stereocenters. The highest BCUT2D eigenvalue weighted by molar-refractivity contribution is 9.10. The first-order valence-corrected chi connectivity index (χ1v) is 14.7. The number of halogens is 3. The van der Waals surface area contributed by atoms with Crippen LogP contribution in [-0.2, 0) is 16.0 Å². The van der Waals surface area contributed by atoms with E-state index in [4.69, 9.17) is 37.4 Å². The van der Waals surface area contributed by atoms with Gasteiger partial charge in [-0.2, -0.15) is 0 Å². The number of carbonyl (C=O) groups excluding carboxylic acids is 1. The largest absolute Gasteiger partial charge is 0.493 e. The number of nitrogens with one attached hydrogen (secondary N) is 1. The normalized spacial score (nSPS) is 11.5. The fourth-order valence-corrected chi connectivity index (χ4v) is 4.66. The Bertz CT molecular complexity index is 1240. The number of hydrogen-bond acceptors (Lipinski definition) is 5. The average molecular weight is 668 g/mol. The van der Waals surface area contributed by atoms with Gasteiger partial charge in [-0.3, -0.25) is 0 Å². The van der Waals surface area contributed by atoms with Gasteiger partial charge in [0, 0.05) is 39.8 Å². The van der Waals surface area contributed by atoms with Gasteiger partial charge in [0.2, 0.25) is 0 Å². The minimum Gasteiger partial charge on any atom is -0.493 e. The van der Waals surface area contributed by atoms with Gasteiger partial charge in [-0.1, -0.05) is 51.3 Å². The van der Waals surface area contributed by atoms with E-state index in [0.717, 1.165) is 10.0 Å². The lowest BCUT2D eigenvalue weighted by molar-refractivity contribution is -0.149. The molecule has 41 heavy (non-hydrogen) atoms. The van der Waals surface area contributed by atoms with Crippen molar-refractivity contribution in [1.29, 1.82) is 0 Å². The van der Waals surface area contributed by atoms with E-state index in [0.29, 0.717) is 66.4 Å². The molecule has 0 saturated heterocycles. The molecule has 3 aromatic carbocycles. The summed E-state index contributed by atoms with van der Waals surface area (Å²) in [5.74, 6) is 0.233. The molecule has 1 unspecified atom stereocenters. The van der Waals surface area contributed by atoms with E-state index in [2.05, 4.69) is 21.2 Å². The number of amides is 2. The predicted octanol–water partition coefficient (Wildman–Crippen LogP) is 7.56. The molecule has 3 rings (SSSR count). The number of benzene rings is 3. The summed E-state index contributed by atoms with van der Waals surface area (Å²) in [6.07, 6.45) is 0.800. The lowest BCUT2D eigenvalue weighted by atomic mass is 10.1. The second-order valence-electron chi connectivity index (χ2n) is 9.06. The van der Waals surface area contributed by atoms with Crippen molar-refractivity contribution < 1.29 is 28.9 Å². The van der Waals surface area contributed by atoms with Gasteiger partial charge in [0.25, 0.3) is 0 Å². The molecule has 0 aliphatic rings. The summed E-state index contributed by atoms with van der Waals surface area (Å²) in [7, 11) is 0. The van der Waals surface area contributed by atoms with Gasteiger partial charge in [-0.05, 0) is 79.9 Å². The highest BCUT2D eigenvalue weighted by Crippen LogP contribution is 2.24. The zero-order valence-corrected chi connectivity index (χ0v) is 25.8. The number of anilines is 1. The maximum Gasteiger partial charge on any atom is 0.333 e. The van der Waals surface area contributed by atoms with Crippen LogP contribution in [0.15, 0.2) is 71.2 Å². The fourth-order valence-electron chi connectivity index (χ4n) is 3.89. The molecule has 0 saturated carbocycles. The van der Waals surface area contributed by atoms with Gasteiger partial charge < -0.3 is 29.5 Å². The van der Waals surface area contributed by atoms with E-state index >= 15 is 0 Å². The highest BCUT2D eigenvalue weighted by Gasteiger charge is 2.18. The minimum absolute atomic E-state index is 0.232. The second-order valence-corrected chi connectivity index (χ2v) is 10.9. The SMILES string of the molecule is CCOC(Cc1ccc(OCCN(CCCCOc2cc(Cl)cc(Cl)c2)C(=O)Nc2ccc(Br)cc2)cc1)C(=O)O. The third-order valence-electron chi connectivity index (χ3n) is 5.93. The Morgan fingerprint density at radius 3 is 2.20 bits per heavy atom. The van der Waals surface area contributed by atoms with Crippen LogP contribution in [0.4, 0.5) is 10.5 Å². The molecule has 0 aliphatic carbocycles. The molecule has 3 aromatic rings. The van der Waals surface area contributed by atoms with E-state index in [1.165, 1.54) is 0 Å². The highest BCUT2D eigenvalue weighted by atomic mass is 79.9. The summed E-state index contributed by atoms with van der Waals surface area (Å²) < 4.78 is 17.9. The van der Waals surface area contributed by atoms with Gasteiger partial charge in [-0.15, -0.1) is 0 Å². The van der Waals surface area contributed by atoms with Crippen molar-refractivity contribution in [3.05, 3.63) is 86.8 Å². The molecule has 0 aromatic heterocycles. The minimum atomic E-state index is -0.992. The number of unbranched alkanes of at least 4 members (excludes halogenated alkanes) is 1. The van der Waals surface area contributed by atoms with Crippen molar-refractivity contribution in [2.24, 2.45) is 0 Å². The Morgan fingerprint density at radius 2 is 1.56 bits per heavy atom. The van der Waals surface area contributed by atoms with Crippen LogP contribution in [0.1, 0.15) is 25.3 Å². The quantitative estimate of drug-likeness (QED) is 0.153. The maximum absolute atomic E-state index is 13.1. The topological polar surface area (TPSA) is 97.3 Å². The number of carboxylic acids is 1. The van der Waals surface area contributed by atoms with Crippen LogP contribution in [0, 0.1) is 0 Å². The van der Waals surface area contributed by atoms with Crippen LogP contribution in [-0.4, -0.2) is 61.0 Å². The molecule has 8 nitrogen and oxygen atoms in total. The molecule has 11 heteroatoms. The number of carboxylic acid groups (broad SMARTS) is 1. The second kappa shape index (κ2) is 17.1. The molecular weight excluding hydrogens is 635 g/mol. The summed E-state index contributed by atoms with van der Waals surface area (Å²) >= 11 is 15.5. The van der Waals surface area contributed by atoms with Crippen molar-refractivity contribution in [1.82, 2.24) is 4.90 Å². The number of hydrogen-bond donors (Lipinski definition) is 2. The van der Waals surface area contributed by atoms with Gasteiger partial charge in [0.1, 0.15) is 18.1 Å². The summed E-state index contributed by atoms with van der Waals surface area (Å²) in [6.45, 7) is 3.68. The van der Waals surface area contributed by atoms with Crippen LogP contribution in [0.3, 0.4) is 0 Å². The number of carbonyl (C=O) groups is 2. The molecule has 0 spiro atoms. The monoisotopic (exact) mass is 666 g/mol. The maximum atomic E-state index is 13.1. The predicted molar refractivity (Wildman–Crippen MR) is 165 cm³/mol. The lowest BCUT2D eigenvalue weighted by Gasteiger charge is -2.23. The van der Waals surface area contributed by atoms with Gasteiger partial charge in [0.05, 0.1) is 13.2 Å². The molecule has 0 bridgehead atoms. The summed E-state index contributed by atoms with van der Waals surface area (Å²) in [5.41, 5.74) is 1.52. The number of rotatable bonds is 16. The van der Waals surface area contributed by atoms with Crippen LogP contribution in [0.5, 0.6) is 11.5 Å². The summed E-state index contributed by atoms with van der Waals surface area (Å²) in [4.78, 5) is 26.1. The van der Waals surface area contributed by atoms with Crippen molar-refractivity contribution in [3.8, 4) is 11.5 Å². The van der Waals surface area contributed by atoms with E-state index in [9.17, 15) is 14.7 Å². The van der Waals surface area contributed by atoms with Gasteiger partial charge >= 0.3 is 12.0 Å². The Morgan fingerprint density at radius 1 is 0.902 bits per heavy atom. The zero-order chi connectivity index (χ0) is 29.6. The van der Waals surface area contributed by atoms with E-state index in [1.807, 2.05) is 36.4 Å². The molecule has 2 amide bonds. The molecule has 220 valence electrons. The van der Waals surface area contributed by atoms with Crippen LogP contribution in [0.2, 0.25) is 10.0 Å². The van der Waals surface area contributed by atoms with Gasteiger partial charge in [0.15, 0.2) is 6.10 Å². The first kappa shape index (κ1) is 32.5. The van der Waals surface area contributed by atoms with Crippen molar-refractivity contribution in [3.63, 3.8) is 0 Å². The Labute approximate surface area is 258 Å². The summed E-state index contributed by atoms with van der Waals surface area (Å²) in [6, 6.07) is 19.4. The fraction of sp³-hybridized carbons (Fsp3) is 0.333. The van der Waals surface area contributed by atoms with Crippen LogP contribution < -0.4 is 14.8 Å². The number of ether oxygens (including phenoxy) is 3. The molecule has 2 N–H and O–H groups in total. The van der Waals surface area contributed by atoms with Crippen molar-refractivity contribution in [2.45, 2.75) is 32.3 Å². The molecule has 0 heterocycles. The average Bonchev–Trinajstić information content (AvgIpc) is 2.93. The Kier molecular flexibility index (Phi) is 13.6. The Balaban J connectivity index is 1.52. The molecule has 0 radical (unpaired) electrons. The van der Waals surface area contributed by atoms with Crippen LogP contribution >= 0.6 is 39.1 Å². The number of nitrogens with zero attached hydrogens (tertiary/aromatic N) is 1. The van der Waals surface area contributed by atoms with Crippen molar-refractivity contribution >= 4 is 56.8 Å².